The van der Waals surface area contributed by atoms with Crippen LogP contribution in [0.2, 0.25) is 0 Å². The molecule has 0 aliphatic carbocycles. The summed E-state index contributed by atoms with van der Waals surface area (Å²) in [6.45, 7) is 4.71. The number of nitrogens with zero attached hydrogens (tertiary/aromatic N) is 1. The van der Waals surface area contributed by atoms with E-state index in [-0.39, 0.29) is 11.9 Å². The molecule has 1 aromatic carbocycles. The van der Waals surface area contributed by atoms with Crippen molar-refractivity contribution in [3.05, 3.63) is 58.9 Å². The number of nitrogens with one attached hydrogen (secondary N) is 1. The summed E-state index contributed by atoms with van der Waals surface area (Å²) in [5, 5.41) is 4.30. The Bertz CT molecular complexity index is 863. The van der Waals surface area contributed by atoms with Crippen molar-refractivity contribution in [2.75, 3.05) is 19.6 Å². The molecule has 0 bridgehead atoms. The minimum atomic E-state index is 0.00875. The topological polar surface area (TPSA) is 45.5 Å². The van der Waals surface area contributed by atoms with E-state index in [0.29, 0.717) is 6.54 Å². The van der Waals surface area contributed by atoms with Crippen LogP contribution in [0.1, 0.15) is 39.9 Å². The zero-order valence-electron chi connectivity index (χ0n) is 14.3. The van der Waals surface area contributed by atoms with Crippen molar-refractivity contribution in [1.82, 2.24) is 10.2 Å². The molecular formula is C20H22N2O2S. The maximum atomic E-state index is 12.8. The second-order valence-electron chi connectivity index (χ2n) is 6.54. The number of benzene rings is 1. The number of rotatable bonds is 5. The van der Waals surface area contributed by atoms with E-state index < -0.39 is 0 Å². The molecule has 0 radical (unpaired) electrons. The molecule has 0 spiro atoms. The lowest BCUT2D eigenvalue weighted by molar-refractivity contribution is 0.0937. The number of likely N-dealkylation sites (tertiary alicyclic amines) is 1. The molecule has 5 heteroatoms. The molecule has 1 aliphatic rings. The summed E-state index contributed by atoms with van der Waals surface area (Å²) in [4.78, 5) is 16.0. The number of hydrogen-bond donors (Lipinski definition) is 1. The fourth-order valence-electron chi connectivity index (χ4n) is 3.60. The monoisotopic (exact) mass is 354 g/mol. The average Bonchev–Trinajstić information content (AvgIpc) is 3.37. The van der Waals surface area contributed by atoms with Crippen LogP contribution >= 0.6 is 11.3 Å². The third kappa shape index (κ3) is 3.22. The van der Waals surface area contributed by atoms with Gasteiger partial charge in [0, 0.05) is 11.2 Å². The minimum Gasteiger partial charge on any atom is -0.468 e. The summed E-state index contributed by atoms with van der Waals surface area (Å²) < 4.78 is 6.79. The van der Waals surface area contributed by atoms with Gasteiger partial charge in [-0.3, -0.25) is 9.69 Å². The molecule has 2 aromatic heterocycles. The van der Waals surface area contributed by atoms with Crippen molar-refractivity contribution >= 4 is 27.3 Å². The number of hydrogen-bond acceptors (Lipinski definition) is 4. The molecule has 3 aromatic rings. The van der Waals surface area contributed by atoms with E-state index in [1.165, 1.54) is 18.2 Å². The molecule has 0 saturated carbocycles. The molecule has 1 atom stereocenters. The Hall–Kier alpha value is -2.11. The van der Waals surface area contributed by atoms with Gasteiger partial charge in [-0.05, 0) is 62.0 Å². The predicted octanol–water partition coefficient (Wildman–Crippen LogP) is 4.37. The number of aryl methyl sites for hydroxylation is 1. The standard InChI is InChI=1S/C20H22N2O2S/c1-14-15-7-2-3-9-18(15)25-19(14)20(23)21-13-16(17-8-6-12-24-17)22-10-4-5-11-22/h2-3,6-9,12,16H,4-5,10-11,13H2,1H3,(H,21,23)/t16-/m0/s1. The normalized spacial score (nSPS) is 16.4. The highest BCUT2D eigenvalue weighted by atomic mass is 32.1. The summed E-state index contributed by atoms with van der Waals surface area (Å²) in [6, 6.07) is 12.2. The molecule has 4 nitrogen and oxygen atoms in total. The molecule has 1 N–H and O–H groups in total. The maximum Gasteiger partial charge on any atom is 0.261 e. The van der Waals surface area contributed by atoms with E-state index in [1.54, 1.807) is 17.6 Å². The molecule has 1 aliphatic heterocycles. The second-order valence-corrected chi connectivity index (χ2v) is 7.59. The van der Waals surface area contributed by atoms with Gasteiger partial charge >= 0.3 is 0 Å². The Kier molecular flexibility index (Phi) is 4.59. The Labute approximate surface area is 151 Å². The van der Waals surface area contributed by atoms with Gasteiger partial charge in [0.15, 0.2) is 0 Å². The Morgan fingerprint density at radius 1 is 1.24 bits per heavy atom. The Morgan fingerprint density at radius 2 is 2.04 bits per heavy atom. The number of amides is 1. The third-order valence-corrected chi connectivity index (χ3v) is 6.23. The number of thiophene rings is 1. The number of carbonyl (C=O) groups excluding carboxylic acids is 1. The van der Waals surface area contributed by atoms with Crippen LogP contribution < -0.4 is 5.32 Å². The summed E-state index contributed by atoms with van der Waals surface area (Å²) in [7, 11) is 0. The van der Waals surface area contributed by atoms with Crippen LogP contribution in [0.25, 0.3) is 10.1 Å². The molecule has 130 valence electrons. The molecule has 1 saturated heterocycles. The quantitative estimate of drug-likeness (QED) is 0.740. The van der Waals surface area contributed by atoms with Crippen LogP contribution in [0.15, 0.2) is 47.1 Å². The molecule has 0 unspecified atom stereocenters. The first-order chi connectivity index (χ1) is 12.2. The predicted molar refractivity (Wildman–Crippen MR) is 101 cm³/mol. The smallest absolute Gasteiger partial charge is 0.261 e. The Balaban J connectivity index is 1.52. The highest BCUT2D eigenvalue weighted by Gasteiger charge is 2.26. The molecular weight excluding hydrogens is 332 g/mol. The number of furan rings is 1. The fraction of sp³-hybridized carbons (Fsp3) is 0.350. The molecule has 4 rings (SSSR count). The van der Waals surface area contributed by atoms with Gasteiger partial charge in [0.2, 0.25) is 0 Å². The fourth-order valence-corrected chi connectivity index (χ4v) is 4.73. The minimum absolute atomic E-state index is 0.00875. The number of fused-ring (bicyclic) bond motifs is 1. The first-order valence-corrected chi connectivity index (χ1v) is 9.59. The number of carbonyl (C=O) groups is 1. The van der Waals surface area contributed by atoms with Gasteiger partial charge in [-0.2, -0.15) is 0 Å². The molecule has 1 amide bonds. The Morgan fingerprint density at radius 3 is 2.76 bits per heavy atom. The highest BCUT2D eigenvalue weighted by Crippen LogP contribution is 2.31. The van der Waals surface area contributed by atoms with Gasteiger partial charge in [0.25, 0.3) is 5.91 Å². The molecule has 25 heavy (non-hydrogen) atoms. The zero-order chi connectivity index (χ0) is 17.2. The van der Waals surface area contributed by atoms with Crippen molar-refractivity contribution in [3.8, 4) is 0 Å². The molecule has 3 heterocycles. The first kappa shape index (κ1) is 16.4. The average molecular weight is 354 g/mol. The maximum absolute atomic E-state index is 12.8. The van der Waals surface area contributed by atoms with E-state index in [2.05, 4.69) is 22.3 Å². The summed E-state index contributed by atoms with van der Waals surface area (Å²) in [5.41, 5.74) is 1.06. The van der Waals surface area contributed by atoms with Crippen LogP contribution in [0, 0.1) is 6.92 Å². The molecule has 1 fully saturated rings. The zero-order valence-corrected chi connectivity index (χ0v) is 15.1. The van der Waals surface area contributed by atoms with E-state index in [1.807, 2.05) is 31.2 Å². The van der Waals surface area contributed by atoms with E-state index in [0.717, 1.165) is 34.0 Å². The van der Waals surface area contributed by atoms with E-state index in [9.17, 15) is 4.79 Å². The van der Waals surface area contributed by atoms with Gasteiger partial charge < -0.3 is 9.73 Å². The second kappa shape index (κ2) is 7.02. The third-order valence-electron chi connectivity index (χ3n) is 4.96. The van der Waals surface area contributed by atoms with Crippen LogP contribution in [-0.2, 0) is 0 Å². The largest absolute Gasteiger partial charge is 0.468 e. The van der Waals surface area contributed by atoms with Crippen LogP contribution in [-0.4, -0.2) is 30.4 Å². The SMILES string of the molecule is Cc1c(C(=O)NC[C@@H](c2ccco2)N2CCCC2)sc2ccccc12. The van der Waals surface area contributed by atoms with Gasteiger partial charge in [0.1, 0.15) is 5.76 Å². The van der Waals surface area contributed by atoms with Gasteiger partial charge in [-0.1, -0.05) is 18.2 Å². The van der Waals surface area contributed by atoms with Crippen molar-refractivity contribution in [3.63, 3.8) is 0 Å². The lowest BCUT2D eigenvalue weighted by atomic mass is 10.1. The van der Waals surface area contributed by atoms with Crippen LogP contribution in [0.4, 0.5) is 0 Å². The summed E-state index contributed by atoms with van der Waals surface area (Å²) in [5.74, 6) is 0.935. The summed E-state index contributed by atoms with van der Waals surface area (Å²) in [6.07, 6.45) is 4.12. The van der Waals surface area contributed by atoms with Crippen molar-refractivity contribution in [2.24, 2.45) is 0 Å². The van der Waals surface area contributed by atoms with Gasteiger partial charge in [-0.25, -0.2) is 0 Å². The van der Waals surface area contributed by atoms with Crippen molar-refractivity contribution in [2.45, 2.75) is 25.8 Å². The first-order valence-electron chi connectivity index (χ1n) is 8.78. The summed E-state index contributed by atoms with van der Waals surface area (Å²) >= 11 is 1.56. The van der Waals surface area contributed by atoms with E-state index >= 15 is 0 Å². The van der Waals surface area contributed by atoms with Crippen molar-refractivity contribution in [1.29, 1.82) is 0 Å². The van der Waals surface area contributed by atoms with Crippen LogP contribution in [0.5, 0.6) is 0 Å². The van der Waals surface area contributed by atoms with Crippen LogP contribution in [0.3, 0.4) is 0 Å². The van der Waals surface area contributed by atoms with Crippen molar-refractivity contribution < 1.29 is 9.21 Å². The highest BCUT2D eigenvalue weighted by molar-refractivity contribution is 7.21. The van der Waals surface area contributed by atoms with Gasteiger partial charge in [0.05, 0.1) is 17.2 Å². The lowest BCUT2D eigenvalue weighted by Gasteiger charge is -2.25. The van der Waals surface area contributed by atoms with Gasteiger partial charge in [-0.15, -0.1) is 11.3 Å². The van der Waals surface area contributed by atoms with E-state index in [4.69, 9.17) is 4.42 Å². The lowest BCUT2D eigenvalue weighted by Crippen LogP contribution is -2.36.